The fourth-order valence-electron chi connectivity index (χ4n) is 2.85. The van der Waals surface area contributed by atoms with Gasteiger partial charge in [-0.3, -0.25) is 14.4 Å². The molecule has 3 aromatic rings. The minimum absolute atomic E-state index is 0.252. The second-order valence-corrected chi connectivity index (χ2v) is 8.71. The third-order valence-electron chi connectivity index (χ3n) is 4.30. The van der Waals surface area contributed by atoms with Gasteiger partial charge in [0.15, 0.2) is 17.0 Å². The van der Waals surface area contributed by atoms with E-state index in [2.05, 4.69) is 0 Å². The van der Waals surface area contributed by atoms with E-state index in [0.29, 0.717) is 20.2 Å². The van der Waals surface area contributed by atoms with E-state index in [-0.39, 0.29) is 16.6 Å². The van der Waals surface area contributed by atoms with Gasteiger partial charge in [0, 0.05) is 31.3 Å². The molecule has 0 saturated heterocycles. The number of hydrogen-bond donors (Lipinski definition) is 2. The number of benzene rings is 2. The largest absolute Gasteiger partial charge is 0.382 e. The normalized spacial score (nSPS) is 12.5. The fourth-order valence-corrected chi connectivity index (χ4v) is 3.88. The molecule has 0 atom stereocenters. The maximum Gasteiger partial charge on any atom is 0.195 e. The molecule has 0 amide bonds. The summed E-state index contributed by atoms with van der Waals surface area (Å²) in [7, 11) is 0. The van der Waals surface area contributed by atoms with Gasteiger partial charge in [-0.1, -0.05) is 0 Å². The fraction of sp³-hybridized carbons (Fsp3) is 0.286. The first-order valence-electron chi connectivity index (χ1n) is 8.44. The Morgan fingerprint density at radius 3 is 1.48 bits per heavy atom. The lowest BCUT2D eigenvalue weighted by atomic mass is 9.95. The van der Waals surface area contributed by atoms with Gasteiger partial charge in [-0.2, -0.15) is 0 Å². The van der Waals surface area contributed by atoms with Crippen molar-refractivity contribution in [2.45, 2.75) is 38.9 Å². The van der Waals surface area contributed by atoms with E-state index in [0.717, 1.165) is 0 Å². The summed E-state index contributed by atoms with van der Waals surface area (Å²) >= 11 is 1.37. The van der Waals surface area contributed by atoms with Crippen LogP contribution < -0.4 is 5.43 Å². The van der Waals surface area contributed by atoms with Crippen LogP contribution in [0.5, 0.6) is 0 Å². The van der Waals surface area contributed by atoms with Gasteiger partial charge in [-0.15, -0.1) is 11.3 Å². The monoisotopic (exact) mass is 384 g/mol. The zero-order chi connectivity index (χ0) is 20.1. The average molecular weight is 384 g/mol. The van der Waals surface area contributed by atoms with Crippen LogP contribution in [0.3, 0.4) is 0 Å². The van der Waals surface area contributed by atoms with Gasteiger partial charge in [-0.25, -0.2) is 0 Å². The van der Waals surface area contributed by atoms with E-state index >= 15 is 0 Å². The highest BCUT2D eigenvalue weighted by molar-refractivity contribution is 7.24. The minimum Gasteiger partial charge on any atom is -0.382 e. The maximum absolute atomic E-state index is 13.0. The first-order valence-corrected chi connectivity index (χ1v) is 9.26. The molecular weight excluding hydrogens is 364 g/mol. The minimum atomic E-state index is -1.54. The highest BCUT2D eigenvalue weighted by Gasteiger charge is 2.27. The van der Waals surface area contributed by atoms with Crippen molar-refractivity contribution in [2.75, 3.05) is 0 Å². The summed E-state index contributed by atoms with van der Waals surface area (Å²) < 4.78 is 1.42. The number of rotatable bonds is 4. The van der Waals surface area contributed by atoms with Gasteiger partial charge in [0.2, 0.25) is 0 Å². The van der Waals surface area contributed by atoms with Crippen molar-refractivity contribution in [3.05, 3.63) is 57.7 Å². The molecule has 5 nitrogen and oxygen atoms in total. The number of hydrogen-bond acceptors (Lipinski definition) is 6. The van der Waals surface area contributed by atoms with Gasteiger partial charge in [0.1, 0.15) is 11.2 Å². The number of aliphatic hydroxyl groups is 2. The van der Waals surface area contributed by atoms with Crippen LogP contribution in [0.1, 0.15) is 48.4 Å². The standard InChI is InChI=1S/C21H20O5S/c1-20(2,25)18(23)11-5-7-15-13(9-11)17(22)14-10-12(6-8-16(14)27-15)19(24)21(3,4)26/h5-10,25-26H,1-4H3. The third kappa shape index (κ3) is 3.56. The molecule has 0 aliphatic heterocycles. The van der Waals surface area contributed by atoms with Crippen LogP contribution in [-0.2, 0) is 0 Å². The van der Waals surface area contributed by atoms with Gasteiger partial charge in [-0.05, 0) is 64.1 Å². The summed E-state index contributed by atoms with van der Waals surface area (Å²) in [5, 5.41) is 20.6. The molecule has 6 heteroatoms. The van der Waals surface area contributed by atoms with E-state index < -0.39 is 22.8 Å². The molecule has 0 fully saturated rings. The molecule has 2 aromatic carbocycles. The maximum atomic E-state index is 13.0. The highest BCUT2D eigenvalue weighted by Crippen LogP contribution is 2.28. The average Bonchev–Trinajstić information content (AvgIpc) is 2.58. The first-order chi connectivity index (χ1) is 12.4. The van der Waals surface area contributed by atoms with Crippen molar-refractivity contribution in [1.29, 1.82) is 0 Å². The highest BCUT2D eigenvalue weighted by atomic mass is 32.1. The Hall–Kier alpha value is -2.41. The van der Waals surface area contributed by atoms with Crippen molar-refractivity contribution in [2.24, 2.45) is 0 Å². The molecular formula is C21H20O5S. The van der Waals surface area contributed by atoms with E-state index in [1.165, 1.54) is 51.2 Å². The Kier molecular flexibility index (Phi) is 4.54. The lowest BCUT2D eigenvalue weighted by Gasteiger charge is -2.16. The molecule has 0 aliphatic carbocycles. The first kappa shape index (κ1) is 19.4. The number of carbonyl (C=O) groups is 2. The summed E-state index contributed by atoms with van der Waals surface area (Å²) in [6, 6.07) is 9.54. The Balaban J connectivity index is 2.25. The van der Waals surface area contributed by atoms with E-state index in [1.807, 2.05) is 0 Å². The van der Waals surface area contributed by atoms with Gasteiger partial charge < -0.3 is 10.2 Å². The van der Waals surface area contributed by atoms with Crippen molar-refractivity contribution >= 4 is 43.1 Å². The number of ketones is 2. The van der Waals surface area contributed by atoms with Crippen LogP contribution in [0.15, 0.2) is 41.2 Å². The summed E-state index contributed by atoms with van der Waals surface area (Å²) in [4.78, 5) is 37.6. The molecule has 1 heterocycles. The molecule has 0 spiro atoms. The lowest BCUT2D eigenvalue weighted by molar-refractivity contribution is 0.0487. The van der Waals surface area contributed by atoms with Crippen LogP contribution in [0.2, 0.25) is 0 Å². The Bertz CT molecular complexity index is 1060. The SMILES string of the molecule is CC(C)(O)C(=O)c1ccc2sc3ccc(C(=O)C(C)(C)O)cc3c(=O)c2c1. The smallest absolute Gasteiger partial charge is 0.195 e. The van der Waals surface area contributed by atoms with Crippen LogP contribution in [0.4, 0.5) is 0 Å². The van der Waals surface area contributed by atoms with Gasteiger partial charge in [0.05, 0.1) is 0 Å². The summed E-state index contributed by atoms with van der Waals surface area (Å²) in [5.41, 5.74) is -2.87. The molecule has 1 aromatic heterocycles. The van der Waals surface area contributed by atoms with E-state index in [4.69, 9.17) is 0 Å². The van der Waals surface area contributed by atoms with Crippen molar-refractivity contribution in [3.8, 4) is 0 Å². The summed E-state index contributed by atoms with van der Waals surface area (Å²) in [5.74, 6) is -0.945. The van der Waals surface area contributed by atoms with E-state index in [9.17, 15) is 24.6 Å². The molecule has 27 heavy (non-hydrogen) atoms. The zero-order valence-electron chi connectivity index (χ0n) is 15.5. The lowest BCUT2D eigenvalue weighted by Crippen LogP contribution is -2.31. The zero-order valence-corrected chi connectivity index (χ0v) is 16.3. The number of Topliss-reactive ketones (excluding diaryl/α,β-unsaturated/α-hetero) is 2. The quantitative estimate of drug-likeness (QED) is 0.532. The van der Waals surface area contributed by atoms with E-state index in [1.54, 1.807) is 24.3 Å². The van der Waals surface area contributed by atoms with Gasteiger partial charge >= 0.3 is 0 Å². The van der Waals surface area contributed by atoms with Crippen LogP contribution >= 0.6 is 11.3 Å². The van der Waals surface area contributed by atoms with Crippen LogP contribution in [0, 0.1) is 0 Å². The predicted molar refractivity (Wildman–Crippen MR) is 107 cm³/mol. The summed E-state index contributed by atoms with van der Waals surface area (Å²) in [6.45, 7) is 5.59. The van der Waals surface area contributed by atoms with Crippen LogP contribution in [-0.4, -0.2) is 33.0 Å². The van der Waals surface area contributed by atoms with Gasteiger partial charge in [0.25, 0.3) is 0 Å². The Morgan fingerprint density at radius 2 is 1.15 bits per heavy atom. The van der Waals surface area contributed by atoms with Crippen LogP contribution in [0.25, 0.3) is 20.2 Å². The number of carbonyl (C=O) groups excluding carboxylic acids is 2. The van der Waals surface area contributed by atoms with Crippen molar-refractivity contribution in [1.82, 2.24) is 0 Å². The second-order valence-electron chi connectivity index (χ2n) is 7.63. The third-order valence-corrected chi connectivity index (χ3v) is 5.46. The molecule has 0 bridgehead atoms. The molecule has 0 aliphatic rings. The molecule has 0 saturated carbocycles. The summed E-state index contributed by atoms with van der Waals surface area (Å²) in [6.07, 6.45) is 0. The topological polar surface area (TPSA) is 91.7 Å². The molecule has 3 rings (SSSR count). The van der Waals surface area contributed by atoms with Crippen molar-refractivity contribution < 1.29 is 19.8 Å². The number of fused-ring (bicyclic) bond motifs is 2. The Morgan fingerprint density at radius 1 is 0.778 bits per heavy atom. The molecule has 0 radical (unpaired) electrons. The molecule has 140 valence electrons. The van der Waals surface area contributed by atoms with Crippen molar-refractivity contribution in [3.63, 3.8) is 0 Å². The Labute approximate surface area is 159 Å². The molecule has 0 unspecified atom stereocenters. The molecule has 2 N–H and O–H groups in total. The predicted octanol–water partition coefficient (Wildman–Crippen LogP) is 3.32. The second kappa shape index (κ2) is 6.34.